The molecule has 1 heterocycles. The Labute approximate surface area is 115 Å². The molecule has 2 N–H and O–H groups in total. The van der Waals surface area contributed by atoms with Gasteiger partial charge in [-0.05, 0) is 31.4 Å². The van der Waals surface area contributed by atoms with Crippen LogP contribution in [0.3, 0.4) is 0 Å². The zero-order valence-electron chi connectivity index (χ0n) is 10.6. The van der Waals surface area contributed by atoms with Crippen molar-refractivity contribution in [2.24, 2.45) is 5.14 Å². The van der Waals surface area contributed by atoms with Gasteiger partial charge in [-0.15, -0.1) is 0 Å². The van der Waals surface area contributed by atoms with Crippen LogP contribution in [-0.4, -0.2) is 27.7 Å². The monoisotopic (exact) mass is 307 g/mol. The van der Waals surface area contributed by atoms with Crippen molar-refractivity contribution >= 4 is 10.0 Å². The van der Waals surface area contributed by atoms with Crippen molar-refractivity contribution in [2.45, 2.75) is 30.3 Å². The summed E-state index contributed by atoms with van der Waals surface area (Å²) in [5.41, 5.74) is 0. The summed E-state index contributed by atoms with van der Waals surface area (Å²) >= 11 is 0. The van der Waals surface area contributed by atoms with E-state index in [1.54, 1.807) is 0 Å². The fourth-order valence-electron chi connectivity index (χ4n) is 1.97. The average molecular weight is 307 g/mol. The van der Waals surface area contributed by atoms with E-state index in [9.17, 15) is 17.2 Å². The summed E-state index contributed by atoms with van der Waals surface area (Å²) in [6, 6.07) is 1.92. The molecule has 0 amide bonds. The van der Waals surface area contributed by atoms with Crippen LogP contribution in [0, 0.1) is 11.6 Å². The average Bonchev–Trinajstić information content (AvgIpc) is 2.40. The van der Waals surface area contributed by atoms with Gasteiger partial charge in [0.25, 0.3) is 0 Å². The highest BCUT2D eigenvalue weighted by Gasteiger charge is 2.22. The highest BCUT2D eigenvalue weighted by molar-refractivity contribution is 7.89. The Morgan fingerprint density at radius 3 is 2.65 bits per heavy atom. The van der Waals surface area contributed by atoms with Crippen LogP contribution >= 0.6 is 0 Å². The summed E-state index contributed by atoms with van der Waals surface area (Å²) in [6.07, 6.45) is 2.60. The lowest BCUT2D eigenvalue weighted by Gasteiger charge is -2.22. The van der Waals surface area contributed by atoms with Crippen LogP contribution in [0.2, 0.25) is 0 Å². The molecule has 8 heteroatoms. The van der Waals surface area contributed by atoms with Crippen LogP contribution in [0.15, 0.2) is 17.0 Å². The van der Waals surface area contributed by atoms with Gasteiger partial charge in [0.15, 0.2) is 11.6 Å². The van der Waals surface area contributed by atoms with Crippen molar-refractivity contribution in [1.29, 1.82) is 0 Å². The molecule has 20 heavy (non-hydrogen) atoms. The molecule has 0 bridgehead atoms. The zero-order chi connectivity index (χ0) is 14.8. The number of nitrogens with two attached hydrogens (primary N) is 1. The number of benzene rings is 1. The molecule has 1 fully saturated rings. The smallest absolute Gasteiger partial charge is 0.241 e. The number of halogens is 2. The topological polar surface area (TPSA) is 78.6 Å². The van der Waals surface area contributed by atoms with Crippen molar-refractivity contribution < 1.29 is 26.7 Å². The molecule has 1 aromatic carbocycles. The molecule has 0 radical (unpaired) electrons. The molecule has 1 saturated heterocycles. The quantitative estimate of drug-likeness (QED) is 0.915. The third-order valence-electron chi connectivity index (χ3n) is 3.02. The van der Waals surface area contributed by atoms with Crippen LogP contribution in [0.1, 0.15) is 19.3 Å². The lowest BCUT2D eigenvalue weighted by molar-refractivity contribution is -0.0118. The van der Waals surface area contributed by atoms with Gasteiger partial charge in [0, 0.05) is 6.61 Å². The molecule has 0 aliphatic carbocycles. The minimum Gasteiger partial charge on any atom is -0.488 e. The summed E-state index contributed by atoms with van der Waals surface area (Å²) in [5, 5.41) is 4.77. The fourth-order valence-corrected chi connectivity index (χ4v) is 2.56. The van der Waals surface area contributed by atoms with E-state index in [0.29, 0.717) is 6.61 Å². The number of ether oxygens (including phenoxy) is 2. The van der Waals surface area contributed by atoms with Crippen LogP contribution in [0.25, 0.3) is 0 Å². The Hall–Kier alpha value is -1.25. The number of sulfonamides is 1. The van der Waals surface area contributed by atoms with Crippen LogP contribution < -0.4 is 9.88 Å². The van der Waals surface area contributed by atoms with Crippen molar-refractivity contribution in [2.75, 3.05) is 13.2 Å². The zero-order valence-corrected chi connectivity index (χ0v) is 11.5. The normalized spacial score (nSPS) is 19.9. The number of primary sulfonamides is 1. The number of rotatable bonds is 4. The van der Waals surface area contributed by atoms with E-state index < -0.39 is 26.6 Å². The second kappa shape index (κ2) is 6.02. The molecule has 1 atom stereocenters. The van der Waals surface area contributed by atoms with Gasteiger partial charge in [-0.2, -0.15) is 4.39 Å². The predicted octanol–water partition coefficient (Wildman–Crippen LogP) is 1.56. The number of hydrogen-bond acceptors (Lipinski definition) is 4. The molecule has 1 aromatic rings. The Morgan fingerprint density at radius 1 is 1.30 bits per heavy atom. The van der Waals surface area contributed by atoms with E-state index in [4.69, 9.17) is 14.6 Å². The Morgan fingerprint density at radius 2 is 2.05 bits per heavy atom. The minimum absolute atomic E-state index is 0.0884. The maximum absolute atomic E-state index is 13.7. The molecule has 5 nitrogen and oxygen atoms in total. The molecule has 1 aliphatic heterocycles. The van der Waals surface area contributed by atoms with E-state index in [-0.39, 0.29) is 18.5 Å². The molecular weight excluding hydrogens is 292 g/mol. The van der Waals surface area contributed by atoms with Crippen LogP contribution in [0.5, 0.6) is 5.75 Å². The second-order valence-electron chi connectivity index (χ2n) is 4.53. The van der Waals surface area contributed by atoms with Gasteiger partial charge in [0.2, 0.25) is 15.8 Å². The van der Waals surface area contributed by atoms with Crippen molar-refractivity contribution in [3.05, 3.63) is 23.8 Å². The van der Waals surface area contributed by atoms with E-state index in [0.717, 1.165) is 31.4 Å². The van der Waals surface area contributed by atoms with Gasteiger partial charge in [-0.25, -0.2) is 17.9 Å². The lowest BCUT2D eigenvalue weighted by atomic mass is 10.1. The van der Waals surface area contributed by atoms with Crippen molar-refractivity contribution in [3.8, 4) is 5.75 Å². The largest absolute Gasteiger partial charge is 0.488 e. The van der Waals surface area contributed by atoms with E-state index in [1.807, 2.05) is 0 Å². The van der Waals surface area contributed by atoms with Crippen molar-refractivity contribution in [1.82, 2.24) is 0 Å². The highest BCUT2D eigenvalue weighted by atomic mass is 32.2. The first-order valence-electron chi connectivity index (χ1n) is 6.15. The molecule has 0 spiro atoms. The van der Waals surface area contributed by atoms with Gasteiger partial charge in [-0.1, -0.05) is 0 Å². The maximum atomic E-state index is 13.7. The Bertz CT molecular complexity index is 585. The second-order valence-corrected chi connectivity index (χ2v) is 6.06. The highest BCUT2D eigenvalue weighted by Crippen LogP contribution is 2.25. The van der Waals surface area contributed by atoms with Crippen molar-refractivity contribution in [3.63, 3.8) is 0 Å². The lowest BCUT2D eigenvalue weighted by Crippen LogP contribution is -2.26. The molecule has 112 valence electrons. The SMILES string of the molecule is NS(=O)(=O)c1ccc(OCC2CCCCO2)c(F)c1F. The first kappa shape index (κ1) is 15.1. The van der Waals surface area contributed by atoms with Gasteiger partial charge in [0.1, 0.15) is 11.5 Å². The molecule has 1 aliphatic rings. The van der Waals surface area contributed by atoms with E-state index >= 15 is 0 Å². The van der Waals surface area contributed by atoms with Gasteiger partial charge >= 0.3 is 0 Å². The number of hydrogen-bond donors (Lipinski definition) is 1. The summed E-state index contributed by atoms with van der Waals surface area (Å²) in [6.45, 7) is 0.709. The maximum Gasteiger partial charge on any atom is 0.241 e. The third-order valence-corrected chi connectivity index (χ3v) is 3.95. The van der Waals surface area contributed by atoms with Gasteiger partial charge in [-0.3, -0.25) is 0 Å². The molecule has 0 aromatic heterocycles. The minimum atomic E-state index is -4.30. The summed E-state index contributed by atoms with van der Waals surface area (Å²) in [4.78, 5) is -0.892. The summed E-state index contributed by atoms with van der Waals surface area (Å²) < 4.78 is 59.9. The molecule has 1 unspecified atom stereocenters. The van der Waals surface area contributed by atoms with Crippen LogP contribution in [-0.2, 0) is 14.8 Å². The third kappa shape index (κ3) is 3.44. The molecule has 0 saturated carbocycles. The molecule has 2 rings (SSSR count). The Balaban J connectivity index is 2.11. The fraction of sp³-hybridized carbons (Fsp3) is 0.500. The van der Waals surface area contributed by atoms with Crippen LogP contribution in [0.4, 0.5) is 8.78 Å². The summed E-state index contributed by atoms with van der Waals surface area (Å²) in [5.74, 6) is -3.26. The van der Waals surface area contributed by atoms with Gasteiger partial charge < -0.3 is 9.47 Å². The predicted molar refractivity (Wildman–Crippen MR) is 66.8 cm³/mol. The van der Waals surface area contributed by atoms with E-state index in [1.165, 1.54) is 0 Å². The summed E-state index contributed by atoms with van der Waals surface area (Å²) in [7, 11) is -4.30. The molecular formula is C12H15F2NO4S. The van der Waals surface area contributed by atoms with E-state index in [2.05, 4.69) is 0 Å². The first-order chi connectivity index (χ1) is 9.39. The Kier molecular flexibility index (Phi) is 4.56. The first-order valence-corrected chi connectivity index (χ1v) is 7.69. The van der Waals surface area contributed by atoms with Gasteiger partial charge in [0.05, 0.1) is 6.10 Å². The standard InChI is InChI=1S/C12H15F2NO4S/c13-11-9(19-7-8-3-1-2-6-18-8)4-5-10(12(11)14)20(15,16)17/h4-5,8H,1-3,6-7H2,(H2,15,16,17).